The standard InChI is InChI=1S/C20H19ClFNO3/c1-14(16-5-3-2-4-6-16)12-23-19(24)13-26-20(25)10-8-15-7-9-18(22)17(21)11-15/h2-11,14H,12-13H2,1H3,(H,23,24)/b10-8+/t14-/m0/s1. The molecule has 0 radical (unpaired) electrons. The number of esters is 1. The van der Waals surface area contributed by atoms with Crippen molar-refractivity contribution < 1.29 is 18.7 Å². The highest BCUT2D eigenvalue weighted by Gasteiger charge is 2.09. The molecule has 4 nitrogen and oxygen atoms in total. The van der Waals surface area contributed by atoms with Crippen LogP contribution in [0.3, 0.4) is 0 Å². The summed E-state index contributed by atoms with van der Waals surface area (Å²) in [6.45, 7) is 2.08. The molecule has 0 fully saturated rings. The quantitative estimate of drug-likeness (QED) is 0.588. The number of hydrogen-bond acceptors (Lipinski definition) is 3. The van der Waals surface area contributed by atoms with E-state index in [2.05, 4.69) is 5.32 Å². The number of carbonyl (C=O) groups is 2. The first-order chi connectivity index (χ1) is 12.5. The summed E-state index contributed by atoms with van der Waals surface area (Å²) >= 11 is 5.66. The van der Waals surface area contributed by atoms with E-state index < -0.39 is 11.8 Å². The zero-order valence-electron chi connectivity index (χ0n) is 14.2. The predicted octanol–water partition coefficient (Wildman–Crippen LogP) is 3.96. The molecule has 0 saturated heterocycles. The van der Waals surface area contributed by atoms with Gasteiger partial charge in [-0.3, -0.25) is 4.79 Å². The third kappa shape index (κ3) is 6.33. The maximum absolute atomic E-state index is 13.1. The van der Waals surface area contributed by atoms with Crippen molar-refractivity contribution >= 4 is 29.6 Å². The largest absolute Gasteiger partial charge is 0.452 e. The lowest BCUT2D eigenvalue weighted by atomic mass is 10.0. The molecule has 2 aromatic carbocycles. The van der Waals surface area contributed by atoms with Crippen LogP contribution in [0.1, 0.15) is 24.0 Å². The summed E-state index contributed by atoms with van der Waals surface area (Å²) in [6.07, 6.45) is 2.59. The lowest BCUT2D eigenvalue weighted by molar-refractivity contribution is -0.143. The monoisotopic (exact) mass is 375 g/mol. The Morgan fingerprint density at radius 1 is 1.23 bits per heavy atom. The second-order valence-electron chi connectivity index (χ2n) is 5.73. The summed E-state index contributed by atoms with van der Waals surface area (Å²) in [6, 6.07) is 13.9. The maximum atomic E-state index is 13.1. The first-order valence-corrected chi connectivity index (χ1v) is 8.45. The molecule has 2 aromatic rings. The molecule has 0 aliphatic rings. The molecule has 0 aromatic heterocycles. The molecule has 2 rings (SSSR count). The summed E-state index contributed by atoms with van der Waals surface area (Å²) in [5.74, 6) is -1.43. The smallest absolute Gasteiger partial charge is 0.331 e. The van der Waals surface area contributed by atoms with Crippen LogP contribution in [0, 0.1) is 5.82 Å². The third-order valence-corrected chi connectivity index (χ3v) is 3.96. The summed E-state index contributed by atoms with van der Waals surface area (Å²) in [4.78, 5) is 23.4. The van der Waals surface area contributed by atoms with Gasteiger partial charge < -0.3 is 10.1 Å². The Morgan fingerprint density at radius 3 is 2.65 bits per heavy atom. The van der Waals surface area contributed by atoms with E-state index in [9.17, 15) is 14.0 Å². The number of carbonyl (C=O) groups excluding carboxylic acids is 2. The number of rotatable bonds is 7. The fraction of sp³-hybridized carbons (Fsp3) is 0.200. The first kappa shape index (κ1) is 19.7. The van der Waals surface area contributed by atoms with Crippen molar-refractivity contribution in [2.24, 2.45) is 0 Å². The third-order valence-electron chi connectivity index (χ3n) is 3.68. The van der Waals surface area contributed by atoms with E-state index in [0.717, 1.165) is 11.6 Å². The maximum Gasteiger partial charge on any atom is 0.331 e. The molecule has 0 heterocycles. The van der Waals surface area contributed by atoms with Crippen molar-refractivity contribution in [1.29, 1.82) is 0 Å². The molecule has 0 bridgehead atoms. The van der Waals surface area contributed by atoms with Crippen LogP contribution >= 0.6 is 11.6 Å². The molecule has 0 unspecified atom stereocenters. The van der Waals surface area contributed by atoms with Crippen LogP contribution in [-0.4, -0.2) is 25.0 Å². The lowest BCUT2D eigenvalue weighted by Gasteiger charge is -2.12. The van der Waals surface area contributed by atoms with Crippen molar-refractivity contribution in [1.82, 2.24) is 5.32 Å². The second-order valence-corrected chi connectivity index (χ2v) is 6.14. The van der Waals surface area contributed by atoms with Crippen LogP contribution in [0.15, 0.2) is 54.6 Å². The van der Waals surface area contributed by atoms with Gasteiger partial charge in [-0.25, -0.2) is 9.18 Å². The Bertz CT molecular complexity index is 793. The highest BCUT2D eigenvalue weighted by molar-refractivity contribution is 6.30. The summed E-state index contributed by atoms with van der Waals surface area (Å²) in [5, 5.41) is 2.69. The van der Waals surface area contributed by atoms with Gasteiger partial charge in [0.25, 0.3) is 5.91 Å². The van der Waals surface area contributed by atoms with Crippen molar-refractivity contribution in [2.75, 3.05) is 13.2 Å². The van der Waals surface area contributed by atoms with Gasteiger partial charge in [0.1, 0.15) is 5.82 Å². The number of amides is 1. The van der Waals surface area contributed by atoms with E-state index in [1.165, 1.54) is 24.3 Å². The summed E-state index contributed by atoms with van der Waals surface area (Å²) < 4.78 is 17.9. The zero-order chi connectivity index (χ0) is 18.9. The van der Waals surface area contributed by atoms with Crippen LogP contribution in [0.4, 0.5) is 4.39 Å². The SMILES string of the molecule is C[C@@H](CNC(=O)COC(=O)/C=C/c1ccc(F)c(Cl)c1)c1ccccc1. The molecular weight excluding hydrogens is 357 g/mol. The fourth-order valence-electron chi connectivity index (χ4n) is 2.18. The Morgan fingerprint density at radius 2 is 1.96 bits per heavy atom. The average Bonchev–Trinajstić information content (AvgIpc) is 2.66. The van der Waals surface area contributed by atoms with Gasteiger partial charge in [-0.05, 0) is 35.3 Å². The van der Waals surface area contributed by atoms with Gasteiger partial charge >= 0.3 is 5.97 Å². The molecule has 1 N–H and O–H groups in total. The first-order valence-electron chi connectivity index (χ1n) is 8.07. The van der Waals surface area contributed by atoms with E-state index in [1.807, 2.05) is 37.3 Å². The molecule has 1 atom stereocenters. The van der Waals surface area contributed by atoms with Gasteiger partial charge in [-0.1, -0.05) is 54.9 Å². The summed E-state index contributed by atoms with van der Waals surface area (Å²) in [5.41, 5.74) is 1.67. The minimum atomic E-state index is -0.670. The van der Waals surface area contributed by atoms with E-state index >= 15 is 0 Å². The van der Waals surface area contributed by atoms with Gasteiger partial charge in [0, 0.05) is 12.6 Å². The number of benzene rings is 2. The second kappa shape index (κ2) is 9.73. The number of hydrogen-bond donors (Lipinski definition) is 1. The fourth-order valence-corrected chi connectivity index (χ4v) is 2.37. The predicted molar refractivity (Wildman–Crippen MR) is 99.3 cm³/mol. The van der Waals surface area contributed by atoms with E-state index in [0.29, 0.717) is 12.1 Å². The van der Waals surface area contributed by atoms with E-state index in [-0.39, 0.29) is 23.5 Å². The van der Waals surface area contributed by atoms with Crippen molar-refractivity contribution in [3.05, 3.63) is 76.6 Å². The van der Waals surface area contributed by atoms with Gasteiger partial charge in [-0.15, -0.1) is 0 Å². The molecular formula is C20H19ClFNO3. The van der Waals surface area contributed by atoms with E-state index in [4.69, 9.17) is 16.3 Å². The number of ether oxygens (including phenoxy) is 1. The minimum absolute atomic E-state index is 0.0348. The van der Waals surface area contributed by atoms with E-state index in [1.54, 1.807) is 0 Å². The number of nitrogens with one attached hydrogen (secondary N) is 1. The summed E-state index contributed by atoms with van der Waals surface area (Å²) in [7, 11) is 0. The Hall–Kier alpha value is -2.66. The molecule has 136 valence electrons. The Balaban J connectivity index is 1.73. The molecule has 0 spiro atoms. The topological polar surface area (TPSA) is 55.4 Å². The normalized spacial score (nSPS) is 12.0. The lowest BCUT2D eigenvalue weighted by Crippen LogP contribution is -2.31. The Kier molecular flexibility index (Phi) is 7.36. The molecule has 6 heteroatoms. The van der Waals surface area contributed by atoms with Crippen LogP contribution < -0.4 is 5.32 Å². The average molecular weight is 376 g/mol. The molecule has 0 aliphatic carbocycles. The van der Waals surface area contributed by atoms with Gasteiger partial charge in [0.05, 0.1) is 5.02 Å². The van der Waals surface area contributed by atoms with Crippen LogP contribution in [-0.2, 0) is 14.3 Å². The van der Waals surface area contributed by atoms with Gasteiger partial charge in [0.15, 0.2) is 6.61 Å². The van der Waals surface area contributed by atoms with Crippen molar-refractivity contribution in [3.8, 4) is 0 Å². The highest BCUT2D eigenvalue weighted by atomic mass is 35.5. The van der Waals surface area contributed by atoms with Gasteiger partial charge in [-0.2, -0.15) is 0 Å². The minimum Gasteiger partial charge on any atom is -0.452 e. The van der Waals surface area contributed by atoms with Crippen LogP contribution in [0.25, 0.3) is 6.08 Å². The molecule has 1 amide bonds. The van der Waals surface area contributed by atoms with Crippen molar-refractivity contribution in [3.63, 3.8) is 0 Å². The zero-order valence-corrected chi connectivity index (χ0v) is 15.0. The van der Waals surface area contributed by atoms with Crippen LogP contribution in [0.2, 0.25) is 5.02 Å². The molecule has 0 aliphatic heterocycles. The molecule has 26 heavy (non-hydrogen) atoms. The molecule has 0 saturated carbocycles. The highest BCUT2D eigenvalue weighted by Crippen LogP contribution is 2.17. The van der Waals surface area contributed by atoms with Crippen molar-refractivity contribution in [2.45, 2.75) is 12.8 Å². The van der Waals surface area contributed by atoms with Crippen LogP contribution in [0.5, 0.6) is 0 Å². The van der Waals surface area contributed by atoms with Gasteiger partial charge in [0.2, 0.25) is 0 Å². The number of halogens is 2. The Labute approximate surface area is 156 Å².